The highest BCUT2D eigenvalue weighted by atomic mass is 31.2. The Bertz CT molecular complexity index is 831. The van der Waals surface area contributed by atoms with Crippen LogP contribution in [-0.4, -0.2) is 74.7 Å². The zero-order valence-corrected chi connectivity index (χ0v) is 27.1. The van der Waals surface area contributed by atoms with Crippen LogP contribution in [0.15, 0.2) is 12.2 Å². The molecule has 0 aromatic heterocycles. The molecule has 1 aliphatic rings. The first-order chi connectivity index (χ1) is 20.5. The van der Waals surface area contributed by atoms with E-state index in [-0.39, 0.29) is 31.3 Å². The van der Waals surface area contributed by atoms with Crippen LogP contribution in [0.4, 0.5) is 0 Å². The molecule has 0 aromatic rings. The molecule has 11 nitrogen and oxygen atoms in total. The van der Waals surface area contributed by atoms with Gasteiger partial charge in [0.1, 0.15) is 6.61 Å². The molecule has 0 aromatic carbocycles. The normalized spacial score (nSPS) is 22.1. The summed E-state index contributed by atoms with van der Waals surface area (Å²) in [6.07, 6.45) is 13.5. The predicted molar refractivity (Wildman–Crippen MR) is 163 cm³/mol. The van der Waals surface area contributed by atoms with Crippen molar-refractivity contribution in [3.63, 3.8) is 0 Å². The fourth-order valence-corrected chi connectivity index (χ4v) is 5.77. The van der Waals surface area contributed by atoms with Gasteiger partial charge in [-0.2, -0.15) is 0 Å². The molecule has 1 saturated carbocycles. The maximum Gasteiger partial charge on any atom is 0.469 e. The molecule has 0 radical (unpaired) electrons. The number of hydrogen-bond donors (Lipinski definition) is 5. The number of rotatable bonds is 25. The summed E-state index contributed by atoms with van der Waals surface area (Å²) in [5.41, 5.74) is 0. The molecule has 0 bridgehead atoms. The van der Waals surface area contributed by atoms with Crippen molar-refractivity contribution in [2.45, 2.75) is 147 Å². The minimum absolute atomic E-state index is 0.0871. The molecule has 0 amide bonds. The molecule has 6 atom stereocenters. The second-order valence-electron chi connectivity index (χ2n) is 11.8. The molecule has 252 valence electrons. The third kappa shape index (κ3) is 19.6. The first-order valence-corrected chi connectivity index (χ1v) is 17.8. The Morgan fingerprint density at radius 2 is 1.44 bits per heavy atom. The van der Waals surface area contributed by atoms with Crippen molar-refractivity contribution in [3.05, 3.63) is 12.2 Å². The second-order valence-corrected chi connectivity index (χ2v) is 13.0. The minimum Gasteiger partial charge on any atom is -0.462 e. The molecule has 1 aliphatic carbocycles. The van der Waals surface area contributed by atoms with Gasteiger partial charge in [-0.15, -0.1) is 0 Å². The molecule has 1 fully saturated rings. The lowest BCUT2D eigenvalue weighted by atomic mass is 9.88. The van der Waals surface area contributed by atoms with Gasteiger partial charge in [0.25, 0.3) is 0 Å². The van der Waals surface area contributed by atoms with Gasteiger partial charge in [-0.3, -0.25) is 14.1 Å². The number of hydrogen-bond acceptors (Lipinski definition) is 9. The van der Waals surface area contributed by atoms with Gasteiger partial charge in [0.05, 0.1) is 24.9 Å². The Morgan fingerprint density at radius 1 is 0.837 bits per heavy atom. The van der Waals surface area contributed by atoms with E-state index in [1.807, 2.05) is 6.08 Å². The van der Waals surface area contributed by atoms with E-state index in [2.05, 4.69) is 18.4 Å². The molecule has 43 heavy (non-hydrogen) atoms. The van der Waals surface area contributed by atoms with Crippen molar-refractivity contribution in [2.24, 2.45) is 11.8 Å². The number of carbonyl (C=O) groups is 2. The smallest absolute Gasteiger partial charge is 0.462 e. The van der Waals surface area contributed by atoms with E-state index in [0.29, 0.717) is 25.7 Å². The maximum absolute atomic E-state index is 12.4. The summed E-state index contributed by atoms with van der Waals surface area (Å²) in [6.45, 7) is 3.27. The van der Waals surface area contributed by atoms with Crippen LogP contribution in [0.25, 0.3) is 0 Å². The van der Waals surface area contributed by atoms with E-state index >= 15 is 0 Å². The number of carbonyl (C=O) groups excluding carboxylic acids is 2. The Hall–Kier alpha value is -1.33. The Kier molecular flexibility index (Phi) is 21.3. The number of esters is 2. The summed E-state index contributed by atoms with van der Waals surface area (Å²) in [7, 11) is -4.79. The quantitative estimate of drug-likeness (QED) is 0.0389. The Morgan fingerprint density at radius 3 is 2.09 bits per heavy atom. The lowest BCUT2D eigenvalue weighted by molar-refractivity contribution is -0.161. The van der Waals surface area contributed by atoms with Crippen LogP contribution in [0, 0.1) is 11.8 Å². The van der Waals surface area contributed by atoms with E-state index in [1.165, 1.54) is 0 Å². The van der Waals surface area contributed by atoms with Crippen molar-refractivity contribution < 1.29 is 53.3 Å². The van der Waals surface area contributed by atoms with Crippen LogP contribution >= 0.6 is 7.82 Å². The molecule has 0 aliphatic heterocycles. The number of aliphatic hydroxyl groups excluding tert-OH is 3. The number of ether oxygens (including phenoxy) is 2. The van der Waals surface area contributed by atoms with Crippen LogP contribution in [0.5, 0.6) is 0 Å². The molecular formula is C31H57O11P. The standard InChI is InChI=1S/C31H57O11P/c1-3-5-7-8-13-17-30(35)40-22-25(23-41-43(37,38)39)42-31(36)18-14-10-9-12-16-26-27(29(34)21-28(26)33)20-19-24(32)15-11-6-4-2/h19-20,24-29,32-34H,3-18,21-23H2,1-2H3,(H2,37,38,39)/b20-19+/t24-,25+,26+,27+,28-,29+/m0/s1. The SMILES string of the molecule is CCCCCCCC(=O)OC[C@H](COP(=O)(O)O)OC(=O)CCCCCC[C@@H]1[C@@H](/C=C/[C@@H](O)CCCCC)[C@H](O)C[C@@H]1O. The topological polar surface area (TPSA) is 180 Å². The summed E-state index contributed by atoms with van der Waals surface area (Å²) in [5, 5.41) is 31.1. The molecule has 1 rings (SSSR count). The van der Waals surface area contributed by atoms with Gasteiger partial charge >= 0.3 is 19.8 Å². The average Bonchev–Trinajstić information content (AvgIpc) is 3.21. The summed E-state index contributed by atoms with van der Waals surface area (Å²) in [4.78, 5) is 42.4. The second kappa shape index (κ2) is 23.1. The van der Waals surface area contributed by atoms with E-state index in [4.69, 9.17) is 19.3 Å². The van der Waals surface area contributed by atoms with Gasteiger partial charge in [-0.05, 0) is 31.6 Å². The maximum atomic E-state index is 12.4. The highest BCUT2D eigenvalue weighted by molar-refractivity contribution is 7.46. The summed E-state index contributed by atoms with van der Waals surface area (Å²) in [6, 6.07) is 0. The van der Waals surface area contributed by atoms with E-state index < -0.39 is 50.8 Å². The first-order valence-electron chi connectivity index (χ1n) is 16.2. The van der Waals surface area contributed by atoms with Gasteiger partial charge in [0, 0.05) is 25.2 Å². The number of aliphatic hydroxyl groups is 3. The average molecular weight is 637 g/mol. The number of phosphoric acid groups is 1. The molecule has 12 heteroatoms. The monoisotopic (exact) mass is 636 g/mol. The highest BCUT2D eigenvalue weighted by Crippen LogP contribution is 2.37. The van der Waals surface area contributed by atoms with Crippen molar-refractivity contribution in [2.75, 3.05) is 13.2 Å². The van der Waals surface area contributed by atoms with Gasteiger partial charge in [-0.1, -0.05) is 90.2 Å². The first kappa shape index (κ1) is 39.7. The zero-order valence-electron chi connectivity index (χ0n) is 26.2. The molecule has 0 unspecified atom stereocenters. The van der Waals surface area contributed by atoms with Crippen LogP contribution in [0.2, 0.25) is 0 Å². The van der Waals surface area contributed by atoms with Gasteiger partial charge in [0.15, 0.2) is 6.10 Å². The minimum atomic E-state index is -4.79. The molecule has 0 saturated heterocycles. The predicted octanol–water partition coefficient (Wildman–Crippen LogP) is 5.11. The molecule has 0 heterocycles. The lowest BCUT2D eigenvalue weighted by Gasteiger charge is -2.21. The van der Waals surface area contributed by atoms with Crippen LogP contribution < -0.4 is 0 Å². The summed E-state index contributed by atoms with van der Waals surface area (Å²) >= 11 is 0. The molecular weight excluding hydrogens is 579 g/mol. The Balaban J connectivity index is 2.40. The van der Waals surface area contributed by atoms with Crippen molar-refractivity contribution in [1.82, 2.24) is 0 Å². The largest absolute Gasteiger partial charge is 0.469 e. The third-order valence-corrected chi connectivity index (χ3v) is 8.37. The van der Waals surface area contributed by atoms with E-state index in [1.54, 1.807) is 6.08 Å². The van der Waals surface area contributed by atoms with Crippen LogP contribution in [0.1, 0.15) is 123 Å². The molecule has 5 N–H and O–H groups in total. The molecule has 0 spiro atoms. The number of phosphoric ester groups is 1. The third-order valence-electron chi connectivity index (χ3n) is 7.88. The highest BCUT2D eigenvalue weighted by Gasteiger charge is 2.39. The van der Waals surface area contributed by atoms with Crippen LogP contribution in [0.3, 0.4) is 0 Å². The fraction of sp³-hybridized carbons (Fsp3) is 0.871. The van der Waals surface area contributed by atoms with Crippen molar-refractivity contribution >= 4 is 19.8 Å². The van der Waals surface area contributed by atoms with Crippen molar-refractivity contribution in [3.8, 4) is 0 Å². The van der Waals surface area contributed by atoms with Gasteiger partial charge in [0.2, 0.25) is 0 Å². The van der Waals surface area contributed by atoms with E-state index in [9.17, 15) is 29.5 Å². The Labute approximate surface area is 257 Å². The fourth-order valence-electron chi connectivity index (χ4n) is 5.41. The van der Waals surface area contributed by atoms with Gasteiger partial charge in [-0.25, -0.2) is 4.57 Å². The lowest BCUT2D eigenvalue weighted by Crippen LogP contribution is -2.29. The van der Waals surface area contributed by atoms with Crippen molar-refractivity contribution in [1.29, 1.82) is 0 Å². The van der Waals surface area contributed by atoms with E-state index in [0.717, 1.165) is 70.6 Å². The summed E-state index contributed by atoms with van der Waals surface area (Å²) in [5.74, 6) is -1.33. The van der Waals surface area contributed by atoms with Crippen LogP contribution in [-0.2, 0) is 28.2 Å². The summed E-state index contributed by atoms with van der Waals surface area (Å²) < 4.78 is 26.0. The van der Waals surface area contributed by atoms with Gasteiger partial charge < -0.3 is 34.6 Å². The number of unbranched alkanes of at least 4 members (excludes halogenated alkanes) is 9. The zero-order chi connectivity index (χ0) is 32.1.